The van der Waals surface area contributed by atoms with Crippen LogP contribution in [0.5, 0.6) is 0 Å². The van der Waals surface area contributed by atoms with Crippen LogP contribution in [0.1, 0.15) is 42.0 Å². The largest absolute Gasteiger partial charge is 0.361 e. The lowest BCUT2D eigenvalue weighted by Gasteiger charge is -2.13. The molecule has 2 N–H and O–H groups in total. The molecule has 8 nitrogen and oxygen atoms in total. The molecule has 3 rings (SSSR count). The summed E-state index contributed by atoms with van der Waals surface area (Å²) >= 11 is 0. The van der Waals surface area contributed by atoms with E-state index in [-0.39, 0.29) is 0 Å². The van der Waals surface area contributed by atoms with Crippen molar-refractivity contribution < 1.29 is 4.52 Å². The van der Waals surface area contributed by atoms with E-state index in [2.05, 4.69) is 69.0 Å². The molecule has 0 saturated heterocycles. The monoisotopic (exact) mass is 381 g/mol. The van der Waals surface area contributed by atoms with Crippen LogP contribution in [0.4, 0.5) is 0 Å². The average molecular weight is 381 g/mol. The summed E-state index contributed by atoms with van der Waals surface area (Å²) < 4.78 is 7.23. The van der Waals surface area contributed by atoms with E-state index in [1.54, 1.807) is 19.7 Å². The van der Waals surface area contributed by atoms with E-state index in [1.807, 2.05) is 4.68 Å². The second-order valence-electron chi connectivity index (χ2n) is 6.43. The van der Waals surface area contributed by atoms with Gasteiger partial charge in [0, 0.05) is 32.1 Å². The fraction of sp³-hybridized carbons (Fsp3) is 0.400. The minimum Gasteiger partial charge on any atom is -0.361 e. The van der Waals surface area contributed by atoms with Gasteiger partial charge in [-0.25, -0.2) is 9.67 Å². The lowest BCUT2D eigenvalue weighted by molar-refractivity contribution is 0.380. The highest BCUT2D eigenvalue weighted by Crippen LogP contribution is 2.15. The zero-order chi connectivity index (χ0) is 19.8. The number of nitrogens with zero attached hydrogens (tertiary/aromatic N) is 5. The minimum absolute atomic E-state index is 0.641. The Bertz CT molecular complexity index is 878. The summed E-state index contributed by atoms with van der Waals surface area (Å²) in [6, 6.07) is 8.39. The summed E-state index contributed by atoms with van der Waals surface area (Å²) in [6.07, 6.45) is 4.95. The minimum atomic E-state index is 0.641. The molecule has 0 aliphatic carbocycles. The van der Waals surface area contributed by atoms with Crippen LogP contribution in [-0.2, 0) is 32.5 Å². The van der Waals surface area contributed by atoms with Crippen molar-refractivity contribution in [2.45, 2.75) is 46.3 Å². The van der Waals surface area contributed by atoms with Gasteiger partial charge in [0.05, 0.1) is 12.2 Å². The smallest absolute Gasteiger partial charge is 0.191 e. The van der Waals surface area contributed by atoms with Crippen LogP contribution in [0.25, 0.3) is 0 Å². The first-order valence-corrected chi connectivity index (χ1v) is 9.54. The highest BCUT2D eigenvalue weighted by atomic mass is 16.5. The highest BCUT2D eigenvalue weighted by molar-refractivity contribution is 5.79. The summed E-state index contributed by atoms with van der Waals surface area (Å²) in [5.41, 5.74) is 4.48. The van der Waals surface area contributed by atoms with Gasteiger partial charge in [0.25, 0.3) is 0 Å². The van der Waals surface area contributed by atoms with E-state index in [4.69, 9.17) is 4.52 Å². The van der Waals surface area contributed by atoms with Gasteiger partial charge < -0.3 is 15.2 Å². The third kappa shape index (κ3) is 4.97. The number of benzene rings is 1. The molecular weight excluding hydrogens is 354 g/mol. The van der Waals surface area contributed by atoms with Crippen LogP contribution >= 0.6 is 0 Å². The van der Waals surface area contributed by atoms with Gasteiger partial charge in [-0.2, -0.15) is 5.10 Å². The lowest BCUT2D eigenvalue weighted by atomic mass is 10.1. The third-order valence-corrected chi connectivity index (χ3v) is 4.53. The van der Waals surface area contributed by atoms with E-state index in [1.165, 1.54) is 11.1 Å². The van der Waals surface area contributed by atoms with E-state index < -0.39 is 0 Å². The van der Waals surface area contributed by atoms with Crippen LogP contribution in [0.15, 0.2) is 46.4 Å². The molecule has 28 heavy (non-hydrogen) atoms. The molecule has 8 heteroatoms. The predicted molar refractivity (Wildman–Crippen MR) is 108 cm³/mol. The van der Waals surface area contributed by atoms with Gasteiger partial charge in [0.1, 0.15) is 18.4 Å². The Labute approximate surface area is 165 Å². The van der Waals surface area contributed by atoms with Crippen LogP contribution in [0.3, 0.4) is 0 Å². The van der Waals surface area contributed by atoms with Crippen molar-refractivity contribution in [1.82, 2.24) is 30.6 Å². The number of hydrogen-bond donors (Lipinski definition) is 2. The third-order valence-electron chi connectivity index (χ3n) is 4.53. The summed E-state index contributed by atoms with van der Waals surface area (Å²) in [4.78, 5) is 8.30. The molecule has 2 aromatic heterocycles. The van der Waals surface area contributed by atoms with Gasteiger partial charge in [-0.05, 0) is 17.5 Å². The van der Waals surface area contributed by atoms with Crippen molar-refractivity contribution in [3.05, 3.63) is 65.1 Å². The van der Waals surface area contributed by atoms with E-state index in [0.29, 0.717) is 19.6 Å². The van der Waals surface area contributed by atoms with Crippen molar-refractivity contribution in [3.63, 3.8) is 0 Å². The van der Waals surface area contributed by atoms with Crippen LogP contribution in [0, 0.1) is 0 Å². The van der Waals surface area contributed by atoms with Gasteiger partial charge in [-0.1, -0.05) is 43.3 Å². The standard InChI is InChI=1S/C20H27N7O/c1-4-18-17(19(5-2)28-26-18)11-24-20(21-3)23-10-15-7-6-8-16(9-15)12-27-14-22-13-25-27/h6-9,13-14H,4-5,10-12H2,1-3H3,(H2,21,23,24). The maximum absolute atomic E-state index is 5.43. The van der Waals surface area contributed by atoms with Crippen LogP contribution < -0.4 is 10.6 Å². The maximum Gasteiger partial charge on any atom is 0.191 e. The summed E-state index contributed by atoms with van der Waals surface area (Å²) in [7, 11) is 1.77. The molecule has 0 atom stereocenters. The Morgan fingerprint density at radius 3 is 2.68 bits per heavy atom. The van der Waals surface area contributed by atoms with E-state index >= 15 is 0 Å². The fourth-order valence-electron chi connectivity index (χ4n) is 3.06. The molecule has 0 unspecified atom stereocenters. The first-order valence-electron chi connectivity index (χ1n) is 9.54. The normalized spacial score (nSPS) is 11.6. The lowest BCUT2D eigenvalue weighted by Crippen LogP contribution is -2.36. The number of hydrogen-bond acceptors (Lipinski definition) is 5. The topological polar surface area (TPSA) is 93.2 Å². The Kier molecular flexibility index (Phi) is 6.78. The summed E-state index contributed by atoms with van der Waals surface area (Å²) in [5.74, 6) is 1.67. The molecule has 1 aromatic carbocycles. The van der Waals surface area contributed by atoms with Crippen molar-refractivity contribution >= 4 is 5.96 Å². The second kappa shape index (κ2) is 9.68. The zero-order valence-corrected chi connectivity index (χ0v) is 16.6. The number of rotatable bonds is 8. The molecular formula is C20H27N7O. The predicted octanol–water partition coefficient (Wildman–Crippen LogP) is 2.30. The number of aliphatic imine (C=N–C) groups is 1. The molecule has 0 saturated carbocycles. The van der Waals surface area contributed by atoms with E-state index in [0.717, 1.165) is 35.8 Å². The number of aryl methyl sites for hydroxylation is 2. The molecule has 0 spiro atoms. The summed E-state index contributed by atoms with van der Waals surface area (Å²) in [5, 5.41) is 15.0. The van der Waals surface area contributed by atoms with Gasteiger partial charge in [-0.15, -0.1) is 0 Å². The second-order valence-corrected chi connectivity index (χ2v) is 6.43. The van der Waals surface area contributed by atoms with Gasteiger partial charge in [0.15, 0.2) is 5.96 Å². The first kappa shape index (κ1) is 19.6. The van der Waals surface area contributed by atoms with Crippen molar-refractivity contribution in [1.29, 1.82) is 0 Å². The fourth-order valence-corrected chi connectivity index (χ4v) is 3.06. The van der Waals surface area contributed by atoms with Crippen molar-refractivity contribution in [3.8, 4) is 0 Å². The first-order chi connectivity index (χ1) is 13.7. The maximum atomic E-state index is 5.43. The SMILES string of the molecule is CCc1noc(CC)c1CNC(=NC)NCc1cccc(Cn2cncn2)c1. The van der Waals surface area contributed by atoms with Crippen molar-refractivity contribution in [2.75, 3.05) is 7.05 Å². The van der Waals surface area contributed by atoms with Gasteiger partial charge in [0.2, 0.25) is 0 Å². The number of aromatic nitrogens is 4. The van der Waals surface area contributed by atoms with Crippen molar-refractivity contribution in [2.24, 2.45) is 4.99 Å². The summed E-state index contributed by atoms with van der Waals surface area (Å²) in [6.45, 7) is 6.18. The Hall–Kier alpha value is -3.16. The van der Waals surface area contributed by atoms with Gasteiger partial charge >= 0.3 is 0 Å². The Morgan fingerprint density at radius 1 is 1.14 bits per heavy atom. The number of guanidine groups is 1. The molecule has 0 fully saturated rings. The Balaban J connectivity index is 1.56. The Morgan fingerprint density at radius 2 is 1.96 bits per heavy atom. The quantitative estimate of drug-likeness (QED) is 0.459. The molecule has 0 bridgehead atoms. The number of nitrogens with one attached hydrogen (secondary N) is 2. The van der Waals surface area contributed by atoms with E-state index in [9.17, 15) is 0 Å². The van der Waals surface area contributed by atoms with Gasteiger partial charge in [-0.3, -0.25) is 4.99 Å². The van der Waals surface area contributed by atoms with Crippen LogP contribution in [0.2, 0.25) is 0 Å². The molecule has 2 heterocycles. The molecule has 0 radical (unpaired) electrons. The molecule has 3 aromatic rings. The van der Waals surface area contributed by atoms with Crippen LogP contribution in [-0.4, -0.2) is 32.9 Å². The molecule has 0 aliphatic heterocycles. The average Bonchev–Trinajstić information content (AvgIpc) is 3.37. The zero-order valence-electron chi connectivity index (χ0n) is 16.6. The highest BCUT2D eigenvalue weighted by Gasteiger charge is 2.13. The molecule has 0 amide bonds. The molecule has 148 valence electrons. The molecule has 0 aliphatic rings.